The SMILES string of the molecule is O=C(O)C=Cc1ccc(C2COc3cccc(C45CC6CC(CC(C6)C4)C5)c3O2)cc1. The zero-order valence-corrected chi connectivity index (χ0v) is 17.6. The molecule has 4 heteroatoms. The summed E-state index contributed by atoms with van der Waals surface area (Å²) in [5.41, 5.74) is 3.54. The highest BCUT2D eigenvalue weighted by Crippen LogP contribution is 2.63. The second-order valence-electron chi connectivity index (χ2n) is 10.1. The zero-order valence-electron chi connectivity index (χ0n) is 17.6. The van der Waals surface area contributed by atoms with Crippen LogP contribution in [0.3, 0.4) is 0 Å². The van der Waals surface area contributed by atoms with Gasteiger partial charge in [0.1, 0.15) is 6.61 Å². The molecular weight excluding hydrogens is 388 g/mol. The molecule has 1 unspecified atom stereocenters. The van der Waals surface area contributed by atoms with Gasteiger partial charge in [0.2, 0.25) is 0 Å². The van der Waals surface area contributed by atoms with Crippen molar-refractivity contribution in [2.75, 3.05) is 6.61 Å². The van der Waals surface area contributed by atoms with E-state index >= 15 is 0 Å². The molecule has 7 rings (SSSR count). The van der Waals surface area contributed by atoms with Gasteiger partial charge < -0.3 is 14.6 Å². The summed E-state index contributed by atoms with van der Waals surface area (Å²) >= 11 is 0. The van der Waals surface area contributed by atoms with Crippen LogP contribution in [0.1, 0.15) is 61.3 Å². The van der Waals surface area contributed by atoms with Gasteiger partial charge in [-0.05, 0) is 85.0 Å². The van der Waals surface area contributed by atoms with Crippen LogP contribution in [0.25, 0.3) is 6.08 Å². The summed E-state index contributed by atoms with van der Waals surface area (Å²) in [5.74, 6) is 3.54. The van der Waals surface area contributed by atoms with Crippen molar-refractivity contribution in [1.82, 2.24) is 0 Å². The number of aliphatic carboxylic acids is 1. The number of benzene rings is 2. The standard InChI is InChI=1S/C27H28O4/c28-25(29)9-6-17-4-7-21(8-5-17)24-16-30-23-3-1-2-22(26(23)31-24)27-13-18-10-19(14-27)12-20(11-18)15-27/h1-9,18-20,24H,10-16H2,(H,28,29). The van der Waals surface area contributed by atoms with Crippen molar-refractivity contribution >= 4 is 12.0 Å². The zero-order chi connectivity index (χ0) is 21.0. The molecule has 0 amide bonds. The molecule has 0 spiro atoms. The van der Waals surface area contributed by atoms with Crippen LogP contribution in [-0.4, -0.2) is 17.7 Å². The minimum absolute atomic E-state index is 0.153. The summed E-state index contributed by atoms with van der Waals surface area (Å²) in [4.78, 5) is 10.7. The minimum Gasteiger partial charge on any atom is -0.485 e. The van der Waals surface area contributed by atoms with Crippen LogP contribution in [0.5, 0.6) is 11.5 Å². The topological polar surface area (TPSA) is 55.8 Å². The van der Waals surface area contributed by atoms with Crippen molar-refractivity contribution in [2.45, 2.75) is 50.0 Å². The van der Waals surface area contributed by atoms with Crippen LogP contribution >= 0.6 is 0 Å². The molecule has 4 saturated carbocycles. The van der Waals surface area contributed by atoms with E-state index in [-0.39, 0.29) is 11.5 Å². The third kappa shape index (κ3) is 3.33. The van der Waals surface area contributed by atoms with Crippen LogP contribution in [-0.2, 0) is 10.2 Å². The average molecular weight is 417 g/mol. The first kappa shape index (κ1) is 19.0. The number of carboxylic acid groups (broad SMARTS) is 1. The van der Waals surface area contributed by atoms with E-state index in [1.54, 1.807) is 6.08 Å². The molecule has 5 aliphatic rings. The van der Waals surface area contributed by atoms with E-state index < -0.39 is 5.97 Å². The predicted molar refractivity (Wildman–Crippen MR) is 118 cm³/mol. The third-order valence-electron chi connectivity index (χ3n) is 7.97. The van der Waals surface area contributed by atoms with Gasteiger partial charge in [-0.3, -0.25) is 0 Å². The molecule has 1 atom stereocenters. The van der Waals surface area contributed by atoms with E-state index in [1.807, 2.05) is 30.3 Å². The summed E-state index contributed by atoms with van der Waals surface area (Å²) in [6.45, 7) is 0.488. The van der Waals surface area contributed by atoms with Crippen molar-refractivity contribution in [2.24, 2.45) is 17.8 Å². The highest BCUT2D eigenvalue weighted by Gasteiger charge is 2.53. The second-order valence-corrected chi connectivity index (χ2v) is 10.1. The number of carbonyl (C=O) groups is 1. The quantitative estimate of drug-likeness (QED) is 0.644. The van der Waals surface area contributed by atoms with E-state index in [1.165, 1.54) is 44.1 Å². The van der Waals surface area contributed by atoms with E-state index in [2.05, 4.69) is 12.1 Å². The van der Waals surface area contributed by atoms with E-state index in [4.69, 9.17) is 14.6 Å². The van der Waals surface area contributed by atoms with Crippen molar-refractivity contribution in [3.8, 4) is 11.5 Å². The fourth-order valence-electron chi connectivity index (χ4n) is 7.10. The summed E-state index contributed by atoms with van der Waals surface area (Å²) in [7, 11) is 0. The first-order chi connectivity index (χ1) is 15.1. The Morgan fingerprint density at radius 3 is 2.29 bits per heavy atom. The Labute approximate surface area is 182 Å². The second kappa shape index (κ2) is 7.15. The van der Waals surface area contributed by atoms with Crippen molar-refractivity contribution in [3.63, 3.8) is 0 Å². The first-order valence-corrected chi connectivity index (χ1v) is 11.5. The molecule has 160 valence electrons. The van der Waals surface area contributed by atoms with Gasteiger partial charge in [0.25, 0.3) is 0 Å². The van der Waals surface area contributed by atoms with Gasteiger partial charge in [0, 0.05) is 11.6 Å². The Morgan fingerprint density at radius 1 is 0.968 bits per heavy atom. The lowest BCUT2D eigenvalue weighted by molar-refractivity contribution is -0.131. The Balaban J connectivity index is 1.29. The van der Waals surface area contributed by atoms with Crippen LogP contribution in [0.4, 0.5) is 0 Å². The van der Waals surface area contributed by atoms with Crippen LogP contribution in [0.2, 0.25) is 0 Å². The average Bonchev–Trinajstić information content (AvgIpc) is 2.76. The fourth-order valence-corrected chi connectivity index (χ4v) is 7.10. The van der Waals surface area contributed by atoms with Crippen LogP contribution in [0.15, 0.2) is 48.5 Å². The summed E-state index contributed by atoms with van der Waals surface area (Å²) < 4.78 is 12.8. The highest BCUT2D eigenvalue weighted by atomic mass is 16.6. The van der Waals surface area contributed by atoms with Crippen LogP contribution in [0, 0.1) is 17.8 Å². The number of rotatable bonds is 4. The molecule has 31 heavy (non-hydrogen) atoms. The Kier molecular flexibility index (Phi) is 4.38. The predicted octanol–water partition coefficient (Wildman–Crippen LogP) is 5.76. The van der Waals surface area contributed by atoms with Gasteiger partial charge in [0.15, 0.2) is 17.6 Å². The third-order valence-corrected chi connectivity index (χ3v) is 7.97. The Morgan fingerprint density at radius 2 is 1.65 bits per heavy atom. The summed E-state index contributed by atoms with van der Waals surface area (Å²) in [6.07, 6.45) is 10.8. The molecule has 4 nitrogen and oxygen atoms in total. The maximum Gasteiger partial charge on any atom is 0.328 e. The molecule has 4 fully saturated rings. The molecular formula is C27H28O4. The normalized spacial score (nSPS) is 33.0. The molecule has 4 aliphatic carbocycles. The maximum absolute atomic E-state index is 10.7. The van der Waals surface area contributed by atoms with Gasteiger partial charge >= 0.3 is 5.97 Å². The molecule has 0 saturated heterocycles. The molecule has 2 aromatic carbocycles. The van der Waals surface area contributed by atoms with Crippen molar-refractivity contribution in [1.29, 1.82) is 0 Å². The molecule has 0 aromatic heterocycles. The maximum atomic E-state index is 10.7. The number of carboxylic acids is 1. The fraction of sp³-hybridized carbons (Fsp3) is 0.444. The summed E-state index contributed by atoms with van der Waals surface area (Å²) in [5, 5.41) is 8.82. The Hall–Kier alpha value is -2.75. The molecule has 1 heterocycles. The van der Waals surface area contributed by atoms with Gasteiger partial charge in [-0.1, -0.05) is 36.4 Å². The lowest BCUT2D eigenvalue weighted by Gasteiger charge is -2.57. The number of hydrogen-bond donors (Lipinski definition) is 1. The number of fused-ring (bicyclic) bond motifs is 1. The van der Waals surface area contributed by atoms with Crippen molar-refractivity contribution < 1.29 is 19.4 Å². The molecule has 2 aromatic rings. The van der Waals surface area contributed by atoms with E-state index in [0.717, 1.165) is 46.5 Å². The number of hydrogen-bond acceptors (Lipinski definition) is 3. The van der Waals surface area contributed by atoms with Gasteiger partial charge in [-0.25, -0.2) is 4.79 Å². The van der Waals surface area contributed by atoms with E-state index in [0.29, 0.717) is 6.61 Å². The molecule has 0 radical (unpaired) electrons. The smallest absolute Gasteiger partial charge is 0.328 e. The largest absolute Gasteiger partial charge is 0.485 e. The van der Waals surface area contributed by atoms with E-state index in [9.17, 15) is 4.79 Å². The van der Waals surface area contributed by atoms with Crippen LogP contribution < -0.4 is 9.47 Å². The van der Waals surface area contributed by atoms with Gasteiger partial charge in [-0.2, -0.15) is 0 Å². The lowest BCUT2D eigenvalue weighted by atomic mass is 9.48. The molecule has 1 aliphatic heterocycles. The minimum atomic E-state index is -0.943. The van der Waals surface area contributed by atoms with Gasteiger partial charge in [-0.15, -0.1) is 0 Å². The molecule has 1 N–H and O–H groups in total. The highest BCUT2D eigenvalue weighted by molar-refractivity contribution is 5.85. The number of ether oxygens (including phenoxy) is 2. The monoisotopic (exact) mass is 416 g/mol. The summed E-state index contributed by atoms with van der Waals surface area (Å²) in [6, 6.07) is 14.3. The van der Waals surface area contributed by atoms with Crippen molar-refractivity contribution in [3.05, 3.63) is 65.2 Å². The Bertz CT molecular complexity index is 1000. The van der Waals surface area contributed by atoms with Gasteiger partial charge in [0.05, 0.1) is 0 Å². The number of para-hydroxylation sites is 1. The lowest BCUT2D eigenvalue weighted by Crippen LogP contribution is -2.48. The first-order valence-electron chi connectivity index (χ1n) is 11.5. The molecule has 4 bridgehead atoms.